The van der Waals surface area contributed by atoms with E-state index in [2.05, 4.69) is 20.5 Å². The van der Waals surface area contributed by atoms with Gasteiger partial charge in [0.1, 0.15) is 6.33 Å². The minimum Gasteiger partial charge on any atom is -0.290 e. The lowest BCUT2D eigenvalue weighted by molar-refractivity contribution is 0.102. The number of benzene rings is 1. The molecule has 100 valence electrons. The van der Waals surface area contributed by atoms with Crippen molar-refractivity contribution in [1.29, 1.82) is 0 Å². The van der Waals surface area contributed by atoms with Crippen molar-refractivity contribution in [1.82, 2.24) is 15.2 Å². The van der Waals surface area contributed by atoms with E-state index >= 15 is 0 Å². The lowest BCUT2D eigenvalue weighted by atomic mass is 10.2. The van der Waals surface area contributed by atoms with Crippen molar-refractivity contribution in [2.24, 2.45) is 0 Å². The number of hydrogen-bond acceptors (Lipinski definition) is 4. The Morgan fingerprint density at radius 1 is 1.20 bits per heavy atom. The SMILES string of the molecule is O=C(Nc1ncn[nH]1)c1ccc(-c2ccc(Cl)cc2)s1. The Hall–Kier alpha value is -2.18. The van der Waals surface area contributed by atoms with Gasteiger partial charge in [-0.15, -0.1) is 11.3 Å². The molecule has 20 heavy (non-hydrogen) atoms. The van der Waals surface area contributed by atoms with E-state index in [4.69, 9.17) is 11.6 Å². The second kappa shape index (κ2) is 5.44. The van der Waals surface area contributed by atoms with Gasteiger partial charge >= 0.3 is 0 Å². The maximum Gasteiger partial charge on any atom is 0.268 e. The smallest absolute Gasteiger partial charge is 0.268 e. The highest BCUT2D eigenvalue weighted by molar-refractivity contribution is 7.17. The molecule has 0 saturated carbocycles. The molecule has 3 rings (SSSR count). The summed E-state index contributed by atoms with van der Waals surface area (Å²) in [5, 5.41) is 9.57. The molecule has 7 heteroatoms. The molecule has 0 fully saturated rings. The summed E-state index contributed by atoms with van der Waals surface area (Å²) in [6.45, 7) is 0. The van der Waals surface area contributed by atoms with Crippen LogP contribution in [-0.4, -0.2) is 21.1 Å². The molecule has 2 heterocycles. The summed E-state index contributed by atoms with van der Waals surface area (Å²) in [7, 11) is 0. The van der Waals surface area contributed by atoms with Gasteiger partial charge in [-0.3, -0.25) is 10.1 Å². The fraction of sp³-hybridized carbons (Fsp3) is 0. The minimum absolute atomic E-state index is 0.216. The molecule has 1 amide bonds. The molecule has 0 unspecified atom stereocenters. The van der Waals surface area contributed by atoms with E-state index in [1.807, 2.05) is 30.3 Å². The monoisotopic (exact) mass is 304 g/mol. The number of carbonyl (C=O) groups excluding carboxylic acids is 1. The third-order valence-corrected chi connectivity index (χ3v) is 3.99. The molecule has 0 aliphatic carbocycles. The molecule has 0 aliphatic rings. The van der Waals surface area contributed by atoms with Gasteiger partial charge in [0.2, 0.25) is 5.95 Å². The van der Waals surface area contributed by atoms with Crippen molar-refractivity contribution >= 4 is 34.8 Å². The number of H-pyrrole nitrogens is 1. The normalized spacial score (nSPS) is 10.4. The number of amides is 1. The minimum atomic E-state index is -0.216. The van der Waals surface area contributed by atoms with Crippen molar-refractivity contribution < 1.29 is 4.79 Å². The molecule has 0 spiro atoms. The van der Waals surface area contributed by atoms with Crippen LogP contribution in [0.25, 0.3) is 10.4 Å². The van der Waals surface area contributed by atoms with Crippen molar-refractivity contribution in [2.45, 2.75) is 0 Å². The highest BCUT2D eigenvalue weighted by Crippen LogP contribution is 2.29. The Bertz CT molecular complexity index is 721. The van der Waals surface area contributed by atoms with Crippen LogP contribution in [0.1, 0.15) is 9.67 Å². The van der Waals surface area contributed by atoms with E-state index in [9.17, 15) is 4.79 Å². The van der Waals surface area contributed by atoms with Crippen molar-refractivity contribution in [3.8, 4) is 10.4 Å². The van der Waals surface area contributed by atoms with Crippen molar-refractivity contribution in [3.63, 3.8) is 0 Å². The number of nitrogens with zero attached hydrogens (tertiary/aromatic N) is 2. The summed E-state index contributed by atoms with van der Waals surface area (Å²) in [4.78, 5) is 17.5. The Morgan fingerprint density at radius 2 is 2.00 bits per heavy atom. The molecule has 3 aromatic rings. The van der Waals surface area contributed by atoms with Gasteiger partial charge in [0.25, 0.3) is 5.91 Å². The van der Waals surface area contributed by atoms with Gasteiger partial charge in [0.15, 0.2) is 0 Å². The third-order valence-electron chi connectivity index (χ3n) is 2.61. The third kappa shape index (κ3) is 2.71. The highest BCUT2D eigenvalue weighted by Gasteiger charge is 2.11. The summed E-state index contributed by atoms with van der Waals surface area (Å²) in [5.41, 5.74) is 1.03. The number of halogens is 1. The first kappa shape index (κ1) is 12.8. The summed E-state index contributed by atoms with van der Waals surface area (Å²) < 4.78 is 0. The molecule has 0 aliphatic heterocycles. The fourth-order valence-corrected chi connectivity index (χ4v) is 2.70. The predicted octanol–water partition coefficient (Wildman–Crippen LogP) is 3.44. The van der Waals surface area contributed by atoms with Gasteiger partial charge in [-0.2, -0.15) is 10.1 Å². The second-order valence-corrected chi connectivity index (χ2v) is 5.48. The van der Waals surface area contributed by atoms with Gasteiger partial charge < -0.3 is 0 Å². The Balaban J connectivity index is 1.79. The Morgan fingerprint density at radius 3 is 2.70 bits per heavy atom. The van der Waals surface area contributed by atoms with Crippen LogP contribution >= 0.6 is 22.9 Å². The van der Waals surface area contributed by atoms with Crippen LogP contribution in [-0.2, 0) is 0 Å². The molecular weight excluding hydrogens is 296 g/mol. The maximum absolute atomic E-state index is 12.0. The lowest BCUT2D eigenvalue weighted by Crippen LogP contribution is -2.11. The van der Waals surface area contributed by atoms with Crippen LogP contribution < -0.4 is 5.32 Å². The molecule has 1 aromatic carbocycles. The van der Waals surface area contributed by atoms with Crippen LogP contribution in [0.2, 0.25) is 5.02 Å². The van der Waals surface area contributed by atoms with Crippen molar-refractivity contribution in [3.05, 3.63) is 52.6 Å². The average molecular weight is 305 g/mol. The summed E-state index contributed by atoms with van der Waals surface area (Å²) in [6.07, 6.45) is 1.34. The second-order valence-electron chi connectivity index (χ2n) is 3.96. The van der Waals surface area contributed by atoms with Gasteiger partial charge in [-0.1, -0.05) is 23.7 Å². The lowest BCUT2D eigenvalue weighted by Gasteiger charge is -1.98. The first-order chi connectivity index (χ1) is 9.72. The zero-order valence-corrected chi connectivity index (χ0v) is 11.7. The first-order valence-electron chi connectivity index (χ1n) is 5.75. The maximum atomic E-state index is 12.0. The van der Waals surface area contributed by atoms with Crippen LogP contribution in [0.15, 0.2) is 42.7 Å². The van der Waals surface area contributed by atoms with E-state index in [0.717, 1.165) is 10.4 Å². The molecule has 0 saturated heterocycles. The molecule has 5 nitrogen and oxygen atoms in total. The highest BCUT2D eigenvalue weighted by atomic mass is 35.5. The molecule has 2 aromatic heterocycles. The quantitative estimate of drug-likeness (QED) is 0.778. The van der Waals surface area contributed by atoms with Crippen LogP contribution in [0.5, 0.6) is 0 Å². The molecule has 0 radical (unpaired) electrons. The number of carbonyl (C=O) groups is 1. The topological polar surface area (TPSA) is 70.7 Å². The zero-order valence-electron chi connectivity index (χ0n) is 10.1. The largest absolute Gasteiger partial charge is 0.290 e. The molecule has 2 N–H and O–H groups in total. The predicted molar refractivity (Wildman–Crippen MR) is 79.1 cm³/mol. The molecular formula is C13H9ClN4OS. The molecule has 0 atom stereocenters. The van der Waals surface area contributed by atoms with E-state index in [1.165, 1.54) is 17.7 Å². The number of thiophene rings is 1. The van der Waals surface area contributed by atoms with Crippen LogP contribution in [0.4, 0.5) is 5.95 Å². The number of rotatable bonds is 3. The Labute approximate surface area is 123 Å². The van der Waals surface area contributed by atoms with Gasteiger partial charge in [-0.05, 0) is 29.8 Å². The Kier molecular flexibility index (Phi) is 3.49. The van der Waals surface area contributed by atoms with Crippen LogP contribution in [0, 0.1) is 0 Å². The number of hydrogen-bond donors (Lipinski definition) is 2. The standard InChI is InChI=1S/C13H9ClN4OS/c14-9-3-1-8(2-4-9)10-5-6-11(20-10)12(19)17-13-15-7-16-18-13/h1-7H,(H2,15,16,17,18,19). The average Bonchev–Trinajstić information content (AvgIpc) is 3.10. The fourth-order valence-electron chi connectivity index (χ4n) is 1.66. The van der Waals surface area contributed by atoms with E-state index in [1.54, 1.807) is 6.07 Å². The van der Waals surface area contributed by atoms with Gasteiger partial charge in [0.05, 0.1) is 4.88 Å². The van der Waals surface area contributed by atoms with E-state index in [0.29, 0.717) is 15.8 Å². The number of nitrogens with one attached hydrogen (secondary N) is 2. The number of aromatic nitrogens is 3. The van der Waals surface area contributed by atoms with Gasteiger partial charge in [-0.25, -0.2) is 5.10 Å². The summed E-state index contributed by atoms with van der Waals surface area (Å²) >= 11 is 7.26. The van der Waals surface area contributed by atoms with E-state index in [-0.39, 0.29) is 5.91 Å². The van der Waals surface area contributed by atoms with Crippen LogP contribution in [0.3, 0.4) is 0 Å². The zero-order chi connectivity index (χ0) is 13.9. The summed E-state index contributed by atoms with van der Waals surface area (Å²) in [6, 6.07) is 11.2. The van der Waals surface area contributed by atoms with Crippen molar-refractivity contribution in [2.75, 3.05) is 5.32 Å². The number of anilines is 1. The van der Waals surface area contributed by atoms with Gasteiger partial charge in [0, 0.05) is 9.90 Å². The van der Waals surface area contributed by atoms with E-state index < -0.39 is 0 Å². The summed E-state index contributed by atoms with van der Waals surface area (Å²) in [5.74, 6) is 0.114. The number of aromatic amines is 1. The molecule has 0 bridgehead atoms. The first-order valence-corrected chi connectivity index (χ1v) is 6.94.